The Morgan fingerprint density at radius 2 is 1.38 bits per heavy atom. The van der Waals surface area contributed by atoms with Gasteiger partial charge in [-0.3, -0.25) is 0 Å². The van der Waals surface area contributed by atoms with Gasteiger partial charge in [-0.15, -0.1) is 0 Å². The van der Waals surface area contributed by atoms with E-state index < -0.39 is 0 Å². The maximum absolute atomic E-state index is 2.54. The van der Waals surface area contributed by atoms with Gasteiger partial charge in [0.05, 0.1) is 0 Å². The van der Waals surface area contributed by atoms with Crippen molar-refractivity contribution in [3.05, 3.63) is 0 Å². The second-order valence-electron chi connectivity index (χ2n) is 7.29. The van der Waals surface area contributed by atoms with E-state index in [0.29, 0.717) is 16.2 Å². The molecule has 0 aromatic carbocycles. The van der Waals surface area contributed by atoms with E-state index in [1.807, 2.05) is 0 Å². The first-order valence-electron chi connectivity index (χ1n) is 7.10. The Hall–Kier alpha value is 0. The van der Waals surface area contributed by atoms with Crippen LogP contribution in [0.25, 0.3) is 0 Å². The predicted molar refractivity (Wildman–Crippen MR) is 73.5 cm³/mol. The molecule has 1 aliphatic rings. The highest BCUT2D eigenvalue weighted by molar-refractivity contribution is 5.19. The smallest absolute Gasteiger partial charge is 0.0187 e. The molecule has 4 atom stereocenters. The van der Waals surface area contributed by atoms with Gasteiger partial charge in [0, 0.05) is 0 Å². The first-order valence-corrected chi connectivity index (χ1v) is 7.10. The molecule has 0 N–H and O–H groups in total. The van der Waals surface area contributed by atoms with Crippen LogP contribution in [0.4, 0.5) is 0 Å². The van der Waals surface area contributed by atoms with Crippen molar-refractivity contribution < 1.29 is 0 Å². The van der Waals surface area contributed by atoms with Crippen LogP contribution >= 0.6 is 0 Å². The fraction of sp³-hybridized carbons (Fsp3) is 1.00. The lowest BCUT2D eigenvalue weighted by Gasteiger charge is -2.77. The quantitative estimate of drug-likeness (QED) is 0.604. The summed E-state index contributed by atoms with van der Waals surface area (Å²) in [7, 11) is 0. The molecule has 0 heteroatoms. The summed E-state index contributed by atoms with van der Waals surface area (Å²) in [6, 6.07) is 0. The average molecular weight is 224 g/mol. The third-order valence-electron chi connectivity index (χ3n) is 7.25. The summed E-state index contributed by atoms with van der Waals surface area (Å²) < 4.78 is 0. The van der Waals surface area contributed by atoms with E-state index in [0.717, 1.165) is 17.8 Å². The van der Waals surface area contributed by atoms with E-state index in [4.69, 9.17) is 0 Å². The van der Waals surface area contributed by atoms with Gasteiger partial charge in [0.25, 0.3) is 0 Å². The van der Waals surface area contributed by atoms with Gasteiger partial charge in [0.1, 0.15) is 0 Å². The zero-order valence-corrected chi connectivity index (χ0v) is 12.9. The fourth-order valence-electron chi connectivity index (χ4n) is 5.15. The Morgan fingerprint density at radius 3 is 1.62 bits per heavy atom. The normalized spacial score (nSPS) is 48.6. The SMILES string of the molecule is CCC1(C)C(C)C(C)(C(C)C)C1(C)C(C)C. The molecular formula is C16H32. The Bertz CT molecular complexity index is 265. The van der Waals surface area contributed by atoms with E-state index in [2.05, 4.69) is 62.3 Å². The highest BCUT2D eigenvalue weighted by Gasteiger charge is 2.71. The van der Waals surface area contributed by atoms with Gasteiger partial charge in [-0.1, -0.05) is 62.3 Å². The lowest BCUT2D eigenvalue weighted by atomic mass is 9.28. The summed E-state index contributed by atoms with van der Waals surface area (Å²) in [5.74, 6) is 2.37. The molecule has 0 aromatic rings. The van der Waals surface area contributed by atoms with Gasteiger partial charge < -0.3 is 0 Å². The van der Waals surface area contributed by atoms with E-state index in [1.165, 1.54) is 6.42 Å². The van der Waals surface area contributed by atoms with Gasteiger partial charge in [0.2, 0.25) is 0 Å². The zero-order valence-electron chi connectivity index (χ0n) is 12.9. The Morgan fingerprint density at radius 1 is 0.938 bits per heavy atom. The lowest BCUT2D eigenvalue weighted by Crippen LogP contribution is -2.71. The molecule has 0 radical (unpaired) electrons. The van der Waals surface area contributed by atoms with Crippen molar-refractivity contribution in [1.29, 1.82) is 0 Å². The summed E-state index contributed by atoms with van der Waals surface area (Å²) in [5.41, 5.74) is 1.48. The first-order chi connectivity index (χ1) is 7.10. The molecule has 16 heavy (non-hydrogen) atoms. The van der Waals surface area contributed by atoms with Gasteiger partial charge >= 0.3 is 0 Å². The van der Waals surface area contributed by atoms with Crippen molar-refractivity contribution in [3.8, 4) is 0 Å². The minimum absolute atomic E-state index is 0.475. The maximum Gasteiger partial charge on any atom is -0.0187 e. The number of hydrogen-bond acceptors (Lipinski definition) is 0. The molecule has 1 saturated carbocycles. The monoisotopic (exact) mass is 224 g/mol. The molecule has 96 valence electrons. The summed E-state index contributed by atoms with van der Waals surface area (Å²) in [4.78, 5) is 0. The molecule has 0 bridgehead atoms. The van der Waals surface area contributed by atoms with Crippen LogP contribution in [0.2, 0.25) is 0 Å². The molecule has 0 spiro atoms. The highest BCUT2D eigenvalue weighted by atomic mass is 14.8. The molecule has 0 amide bonds. The molecule has 0 saturated heterocycles. The largest absolute Gasteiger partial charge is 0.0648 e. The molecule has 1 fully saturated rings. The molecule has 0 aliphatic heterocycles. The lowest BCUT2D eigenvalue weighted by molar-refractivity contribution is -0.291. The second kappa shape index (κ2) is 3.75. The van der Waals surface area contributed by atoms with E-state index >= 15 is 0 Å². The molecule has 1 rings (SSSR count). The maximum atomic E-state index is 2.54. The Kier molecular flexibility index (Phi) is 3.30. The van der Waals surface area contributed by atoms with Crippen molar-refractivity contribution in [2.75, 3.05) is 0 Å². The van der Waals surface area contributed by atoms with Crippen molar-refractivity contribution in [2.45, 2.75) is 68.7 Å². The van der Waals surface area contributed by atoms with Crippen molar-refractivity contribution in [3.63, 3.8) is 0 Å². The summed E-state index contributed by atoms with van der Waals surface area (Å²) in [5, 5.41) is 0. The summed E-state index contributed by atoms with van der Waals surface area (Å²) in [6.45, 7) is 22.1. The van der Waals surface area contributed by atoms with Gasteiger partial charge in [0.15, 0.2) is 0 Å². The van der Waals surface area contributed by atoms with Crippen LogP contribution in [0, 0.1) is 34.0 Å². The van der Waals surface area contributed by atoms with Gasteiger partial charge in [-0.25, -0.2) is 0 Å². The van der Waals surface area contributed by atoms with Crippen LogP contribution < -0.4 is 0 Å². The van der Waals surface area contributed by atoms with Crippen LogP contribution in [0.1, 0.15) is 68.7 Å². The third-order valence-corrected chi connectivity index (χ3v) is 7.25. The van der Waals surface area contributed by atoms with Gasteiger partial charge in [-0.2, -0.15) is 0 Å². The number of hydrogen-bond donors (Lipinski definition) is 0. The van der Waals surface area contributed by atoms with E-state index in [1.54, 1.807) is 0 Å². The average Bonchev–Trinajstić information content (AvgIpc) is 2.23. The highest BCUT2D eigenvalue weighted by Crippen LogP contribution is 2.77. The minimum Gasteiger partial charge on any atom is -0.0648 e. The predicted octanol–water partition coefficient (Wildman–Crippen LogP) is 5.38. The minimum atomic E-state index is 0.475. The van der Waals surface area contributed by atoms with Crippen LogP contribution in [-0.4, -0.2) is 0 Å². The Labute approximate surface area is 103 Å². The van der Waals surface area contributed by atoms with Crippen LogP contribution in [0.15, 0.2) is 0 Å². The molecule has 0 heterocycles. The molecule has 0 aromatic heterocycles. The first kappa shape index (κ1) is 14.1. The molecule has 1 aliphatic carbocycles. The summed E-state index contributed by atoms with van der Waals surface area (Å²) in [6.07, 6.45) is 1.31. The van der Waals surface area contributed by atoms with Gasteiger partial charge in [-0.05, 0) is 40.4 Å². The Balaban J connectivity index is 3.27. The second-order valence-corrected chi connectivity index (χ2v) is 7.29. The topological polar surface area (TPSA) is 0 Å². The van der Waals surface area contributed by atoms with Crippen molar-refractivity contribution in [1.82, 2.24) is 0 Å². The van der Waals surface area contributed by atoms with E-state index in [-0.39, 0.29) is 0 Å². The van der Waals surface area contributed by atoms with Crippen LogP contribution in [0.3, 0.4) is 0 Å². The standard InChI is InChI=1S/C16H32/c1-10-14(7)13(6)15(8,11(2)3)16(14,9)12(4)5/h11-13H,10H2,1-9H3. The molecule has 0 nitrogen and oxygen atoms in total. The summed E-state index contributed by atoms with van der Waals surface area (Å²) >= 11 is 0. The van der Waals surface area contributed by atoms with Crippen LogP contribution in [-0.2, 0) is 0 Å². The van der Waals surface area contributed by atoms with Crippen molar-refractivity contribution >= 4 is 0 Å². The van der Waals surface area contributed by atoms with Crippen LogP contribution in [0.5, 0.6) is 0 Å². The molecular weight excluding hydrogens is 192 g/mol. The fourth-order valence-corrected chi connectivity index (χ4v) is 5.15. The molecule has 4 unspecified atom stereocenters. The van der Waals surface area contributed by atoms with E-state index in [9.17, 15) is 0 Å². The third kappa shape index (κ3) is 1.17. The number of rotatable bonds is 3. The zero-order chi connectivity index (χ0) is 12.9. The van der Waals surface area contributed by atoms with Crippen molar-refractivity contribution in [2.24, 2.45) is 34.0 Å².